The summed E-state index contributed by atoms with van der Waals surface area (Å²) in [6.45, 7) is 1.95. The van der Waals surface area contributed by atoms with Gasteiger partial charge in [-0.1, -0.05) is 0 Å². The van der Waals surface area contributed by atoms with Crippen LogP contribution in [0.3, 0.4) is 0 Å². The van der Waals surface area contributed by atoms with Gasteiger partial charge in [0.25, 0.3) is 0 Å². The van der Waals surface area contributed by atoms with E-state index < -0.39 is 15.6 Å². The number of hydrogen-bond donors (Lipinski definition) is 0. The summed E-state index contributed by atoms with van der Waals surface area (Å²) >= 11 is 0. The van der Waals surface area contributed by atoms with E-state index in [-0.39, 0.29) is 23.3 Å². The molecule has 1 spiro atoms. The molecule has 0 radical (unpaired) electrons. The molecule has 0 saturated carbocycles. The first kappa shape index (κ1) is 20.3. The van der Waals surface area contributed by atoms with Gasteiger partial charge < -0.3 is 14.5 Å². The molecule has 3 saturated heterocycles. The lowest BCUT2D eigenvalue weighted by Crippen LogP contribution is -2.58. The molecule has 29 heavy (non-hydrogen) atoms. The normalized spacial score (nSPS) is 23.6. The van der Waals surface area contributed by atoms with Crippen LogP contribution in [0.4, 0.5) is 5.69 Å². The number of morpholine rings is 1. The second-order valence-electron chi connectivity index (χ2n) is 8.12. The van der Waals surface area contributed by atoms with Crippen LogP contribution in [0.2, 0.25) is 0 Å². The molecule has 0 aromatic heterocycles. The molecule has 3 fully saturated rings. The predicted octanol–water partition coefficient (Wildman–Crippen LogP) is 1.22. The Balaban J connectivity index is 1.44. The van der Waals surface area contributed by atoms with Gasteiger partial charge in [-0.25, -0.2) is 8.42 Å². The van der Waals surface area contributed by atoms with Crippen LogP contribution in [-0.4, -0.2) is 74.9 Å². The highest BCUT2D eigenvalue weighted by Gasteiger charge is 2.43. The van der Waals surface area contributed by atoms with E-state index in [4.69, 9.17) is 4.74 Å². The molecule has 3 aliphatic rings. The zero-order valence-electron chi connectivity index (χ0n) is 16.7. The second-order valence-corrected chi connectivity index (χ2v) is 10.1. The van der Waals surface area contributed by atoms with Crippen molar-refractivity contribution in [3.8, 4) is 0 Å². The van der Waals surface area contributed by atoms with Crippen molar-refractivity contribution in [2.24, 2.45) is 0 Å². The molecule has 9 heteroatoms. The summed E-state index contributed by atoms with van der Waals surface area (Å²) in [7, 11) is -1.85. The maximum absolute atomic E-state index is 13.1. The minimum atomic E-state index is -3.61. The molecular weight excluding hydrogens is 394 g/mol. The standard InChI is InChI=1S/C20H27N3O5S/c1-21-15-20(28-14-19(21)25)9-12-22(13-10-20)29(26,27)17-7-5-16(6-8-17)23-11-3-2-4-18(23)24/h5-8H,2-4,9-15H2,1H3. The van der Waals surface area contributed by atoms with Gasteiger partial charge in [0.05, 0.1) is 10.5 Å². The van der Waals surface area contributed by atoms with Crippen LogP contribution in [0.25, 0.3) is 0 Å². The molecule has 1 aromatic carbocycles. The van der Waals surface area contributed by atoms with Crippen molar-refractivity contribution >= 4 is 27.5 Å². The average molecular weight is 422 g/mol. The summed E-state index contributed by atoms with van der Waals surface area (Å²) in [6.07, 6.45) is 3.53. The smallest absolute Gasteiger partial charge is 0.248 e. The van der Waals surface area contributed by atoms with Crippen LogP contribution < -0.4 is 4.90 Å². The largest absolute Gasteiger partial charge is 0.363 e. The second kappa shape index (κ2) is 7.70. The zero-order valence-corrected chi connectivity index (χ0v) is 17.5. The van der Waals surface area contributed by atoms with Crippen LogP contribution in [0.5, 0.6) is 0 Å². The first-order chi connectivity index (χ1) is 13.8. The molecule has 8 nitrogen and oxygen atoms in total. The van der Waals surface area contributed by atoms with E-state index in [9.17, 15) is 18.0 Å². The van der Waals surface area contributed by atoms with Crippen LogP contribution in [0, 0.1) is 0 Å². The Morgan fingerprint density at radius 2 is 1.66 bits per heavy atom. The number of carbonyl (C=O) groups excluding carboxylic acids is 2. The van der Waals surface area contributed by atoms with Crippen molar-refractivity contribution in [3.63, 3.8) is 0 Å². The highest BCUT2D eigenvalue weighted by Crippen LogP contribution is 2.33. The maximum atomic E-state index is 13.1. The number of hydrogen-bond acceptors (Lipinski definition) is 5. The lowest BCUT2D eigenvalue weighted by Gasteiger charge is -2.45. The van der Waals surface area contributed by atoms with Crippen molar-refractivity contribution in [3.05, 3.63) is 24.3 Å². The third-order valence-corrected chi connectivity index (χ3v) is 8.11. The Morgan fingerprint density at radius 1 is 0.966 bits per heavy atom. The first-order valence-corrected chi connectivity index (χ1v) is 11.5. The van der Waals surface area contributed by atoms with Crippen LogP contribution >= 0.6 is 0 Å². The third kappa shape index (κ3) is 3.91. The molecule has 0 atom stereocenters. The van der Waals surface area contributed by atoms with Crippen molar-refractivity contribution < 1.29 is 22.7 Å². The van der Waals surface area contributed by atoms with E-state index in [2.05, 4.69) is 0 Å². The fourth-order valence-corrected chi connectivity index (χ4v) is 5.80. The summed E-state index contributed by atoms with van der Waals surface area (Å²) in [4.78, 5) is 27.4. The number of sulfonamides is 1. The van der Waals surface area contributed by atoms with E-state index >= 15 is 0 Å². The van der Waals surface area contributed by atoms with Gasteiger partial charge in [-0.3, -0.25) is 9.59 Å². The quantitative estimate of drug-likeness (QED) is 0.732. The summed E-state index contributed by atoms with van der Waals surface area (Å²) in [6, 6.07) is 6.60. The van der Waals surface area contributed by atoms with Gasteiger partial charge in [-0.15, -0.1) is 0 Å². The lowest BCUT2D eigenvalue weighted by molar-refractivity contribution is -0.167. The fraction of sp³-hybridized carbons (Fsp3) is 0.600. The molecule has 158 valence electrons. The van der Waals surface area contributed by atoms with Gasteiger partial charge in [0.1, 0.15) is 6.61 Å². The van der Waals surface area contributed by atoms with E-state index in [1.165, 1.54) is 4.31 Å². The monoisotopic (exact) mass is 421 g/mol. The Morgan fingerprint density at radius 3 is 2.28 bits per heavy atom. The highest BCUT2D eigenvalue weighted by molar-refractivity contribution is 7.89. The molecule has 3 heterocycles. The molecule has 0 aliphatic carbocycles. The van der Waals surface area contributed by atoms with Gasteiger partial charge in [0.15, 0.2) is 0 Å². The molecule has 2 amide bonds. The molecule has 3 aliphatic heterocycles. The van der Waals surface area contributed by atoms with Gasteiger partial charge in [-0.2, -0.15) is 4.31 Å². The van der Waals surface area contributed by atoms with Gasteiger partial charge in [0.2, 0.25) is 21.8 Å². The number of ether oxygens (including phenoxy) is 1. The Kier molecular flexibility index (Phi) is 5.39. The number of rotatable bonds is 3. The Bertz CT molecular complexity index is 891. The van der Waals surface area contributed by atoms with Crippen LogP contribution in [0.1, 0.15) is 32.1 Å². The third-order valence-electron chi connectivity index (χ3n) is 6.20. The topological polar surface area (TPSA) is 87.2 Å². The predicted molar refractivity (Wildman–Crippen MR) is 107 cm³/mol. The fourth-order valence-electron chi connectivity index (χ4n) is 4.35. The SMILES string of the molecule is CN1CC2(CCN(S(=O)(=O)c3ccc(N4CCCCC4=O)cc3)CC2)OCC1=O. The van der Waals surface area contributed by atoms with Crippen LogP contribution in [0.15, 0.2) is 29.2 Å². The van der Waals surface area contributed by atoms with Crippen molar-refractivity contribution in [2.75, 3.05) is 44.7 Å². The van der Waals surface area contributed by atoms with E-state index in [1.807, 2.05) is 0 Å². The van der Waals surface area contributed by atoms with Crippen molar-refractivity contribution in [1.29, 1.82) is 0 Å². The number of benzene rings is 1. The van der Waals surface area contributed by atoms with E-state index in [1.54, 1.807) is 41.1 Å². The minimum absolute atomic E-state index is 0.0436. The van der Waals surface area contributed by atoms with Crippen molar-refractivity contribution in [2.45, 2.75) is 42.6 Å². The minimum Gasteiger partial charge on any atom is -0.363 e. The summed E-state index contributed by atoms with van der Waals surface area (Å²) in [5, 5.41) is 0. The molecule has 0 unspecified atom stereocenters. The number of amides is 2. The van der Waals surface area contributed by atoms with Gasteiger partial charge >= 0.3 is 0 Å². The Labute approximate surface area is 171 Å². The maximum Gasteiger partial charge on any atom is 0.248 e. The van der Waals surface area contributed by atoms with Gasteiger partial charge in [-0.05, 0) is 49.9 Å². The molecule has 4 rings (SSSR count). The summed E-state index contributed by atoms with van der Waals surface area (Å²) < 4.78 is 33.4. The van der Waals surface area contributed by atoms with Crippen LogP contribution in [-0.2, 0) is 24.3 Å². The number of piperidine rings is 2. The number of anilines is 1. The Hall–Kier alpha value is -1.97. The highest BCUT2D eigenvalue weighted by atomic mass is 32.2. The van der Waals surface area contributed by atoms with E-state index in [0.717, 1.165) is 18.5 Å². The average Bonchev–Trinajstić information content (AvgIpc) is 2.72. The molecular formula is C20H27N3O5S. The molecule has 0 N–H and O–H groups in total. The lowest BCUT2D eigenvalue weighted by atomic mass is 9.90. The number of nitrogens with zero attached hydrogens (tertiary/aromatic N) is 3. The van der Waals surface area contributed by atoms with Crippen molar-refractivity contribution in [1.82, 2.24) is 9.21 Å². The summed E-state index contributed by atoms with van der Waals surface area (Å²) in [5.74, 6) is 0.0436. The summed E-state index contributed by atoms with van der Waals surface area (Å²) in [5.41, 5.74) is 0.294. The van der Waals surface area contributed by atoms with Gasteiger partial charge in [0, 0.05) is 45.3 Å². The zero-order chi connectivity index (χ0) is 20.6. The number of carbonyl (C=O) groups is 2. The van der Waals surface area contributed by atoms with E-state index in [0.29, 0.717) is 45.4 Å². The first-order valence-electron chi connectivity index (χ1n) is 10.1. The molecule has 1 aromatic rings. The number of likely N-dealkylation sites (N-methyl/N-ethyl adjacent to an activating group) is 1. The molecule has 0 bridgehead atoms.